The summed E-state index contributed by atoms with van der Waals surface area (Å²) in [6, 6.07) is 8.90. The highest BCUT2D eigenvalue weighted by atomic mass is 32.2. The summed E-state index contributed by atoms with van der Waals surface area (Å²) in [4.78, 5) is 0. The van der Waals surface area contributed by atoms with Crippen LogP contribution in [0.4, 0.5) is 0 Å². The second-order valence-corrected chi connectivity index (χ2v) is 6.56. The molecule has 0 amide bonds. The third-order valence-corrected chi connectivity index (χ3v) is 4.20. The second kappa shape index (κ2) is 5.46. The molecule has 0 radical (unpaired) electrons. The van der Waals surface area contributed by atoms with Gasteiger partial charge in [-0.2, -0.15) is 0 Å². The minimum absolute atomic E-state index is 0.0551. The monoisotopic (exact) mass is 241 g/mol. The number of rotatable bonds is 5. The fourth-order valence-electron chi connectivity index (χ4n) is 1.37. The number of sulfone groups is 1. The Balaban J connectivity index is 2.66. The fraction of sp³-hybridized carbons (Fsp3) is 0.500. The molecule has 0 spiro atoms. The van der Waals surface area contributed by atoms with Crippen LogP contribution in [-0.2, 0) is 15.6 Å². The first-order valence-electron chi connectivity index (χ1n) is 5.40. The third-order valence-electron chi connectivity index (χ3n) is 2.53. The van der Waals surface area contributed by atoms with Gasteiger partial charge in [0.2, 0.25) is 0 Å². The van der Waals surface area contributed by atoms with Gasteiger partial charge in [0.25, 0.3) is 0 Å². The van der Waals surface area contributed by atoms with Gasteiger partial charge in [-0.1, -0.05) is 44.2 Å². The fourth-order valence-corrected chi connectivity index (χ4v) is 3.16. The van der Waals surface area contributed by atoms with Gasteiger partial charge in [-0.25, -0.2) is 8.42 Å². The maximum Gasteiger partial charge on any atom is 0.155 e. The van der Waals surface area contributed by atoms with Gasteiger partial charge in [-0.15, -0.1) is 0 Å². The molecular formula is C12H19NO2S. The lowest BCUT2D eigenvalue weighted by Gasteiger charge is -2.15. The van der Waals surface area contributed by atoms with Crippen LogP contribution in [0, 0.1) is 5.92 Å². The topological polar surface area (TPSA) is 60.2 Å². The van der Waals surface area contributed by atoms with E-state index in [4.69, 9.17) is 5.73 Å². The van der Waals surface area contributed by atoms with Crippen LogP contribution in [0.25, 0.3) is 0 Å². The molecule has 2 N–H and O–H groups in total. The number of benzene rings is 1. The largest absolute Gasteiger partial charge is 0.327 e. The smallest absolute Gasteiger partial charge is 0.155 e. The highest BCUT2D eigenvalue weighted by molar-refractivity contribution is 7.90. The van der Waals surface area contributed by atoms with Crippen LogP contribution >= 0.6 is 0 Å². The van der Waals surface area contributed by atoms with E-state index >= 15 is 0 Å². The first-order chi connectivity index (χ1) is 7.41. The molecule has 1 unspecified atom stereocenters. The molecule has 1 rings (SSSR count). The zero-order valence-electron chi connectivity index (χ0n) is 9.76. The molecule has 0 fully saturated rings. The van der Waals surface area contributed by atoms with E-state index in [0.29, 0.717) is 0 Å². The summed E-state index contributed by atoms with van der Waals surface area (Å²) >= 11 is 0. The summed E-state index contributed by atoms with van der Waals surface area (Å²) in [5.41, 5.74) is 6.60. The Morgan fingerprint density at radius 3 is 2.25 bits per heavy atom. The van der Waals surface area contributed by atoms with Gasteiger partial charge in [0.1, 0.15) is 0 Å². The van der Waals surface area contributed by atoms with Crippen molar-refractivity contribution in [2.45, 2.75) is 25.6 Å². The van der Waals surface area contributed by atoms with Crippen molar-refractivity contribution in [3.05, 3.63) is 35.9 Å². The first kappa shape index (κ1) is 13.2. The third kappa shape index (κ3) is 4.33. The molecule has 1 aromatic rings. The Hall–Kier alpha value is -0.870. The van der Waals surface area contributed by atoms with Gasteiger partial charge in [0, 0.05) is 6.04 Å². The molecule has 0 aliphatic rings. The zero-order chi connectivity index (χ0) is 12.2. The maximum atomic E-state index is 11.8. The van der Waals surface area contributed by atoms with Crippen LogP contribution in [0.3, 0.4) is 0 Å². The van der Waals surface area contributed by atoms with Gasteiger partial charge in [0.15, 0.2) is 9.84 Å². The van der Waals surface area contributed by atoms with Crippen molar-refractivity contribution in [3.63, 3.8) is 0 Å². The zero-order valence-corrected chi connectivity index (χ0v) is 10.6. The van der Waals surface area contributed by atoms with Crippen molar-refractivity contribution < 1.29 is 8.42 Å². The Kier molecular flexibility index (Phi) is 4.50. The quantitative estimate of drug-likeness (QED) is 0.851. The maximum absolute atomic E-state index is 11.8. The minimum atomic E-state index is -3.10. The second-order valence-electron chi connectivity index (χ2n) is 4.45. The van der Waals surface area contributed by atoms with Crippen molar-refractivity contribution in [2.24, 2.45) is 11.7 Å². The van der Waals surface area contributed by atoms with E-state index in [0.717, 1.165) is 5.56 Å². The molecule has 1 atom stereocenters. The standard InChI is InChI=1S/C12H19NO2S/c1-10(2)12(13)9-16(14,15)8-11-6-4-3-5-7-11/h3-7,10,12H,8-9,13H2,1-2H3. The lowest BCUT2D eigenvalue weighted by molar-refractivity contribution is 0.516. The van der Waals surface area contributed by atoms with Crippen molar-refractivity contribution in [1.29, 1.82) is 0 Å². The van der Waals surface area contributed by atoms with Gasteiger partial charge in [-0.3, -0.25) is 0 Å². The molecule has 3 nitrogen and oxygen atoms in total. The normalized spacial score (nSPS) is 14.0. The van der Waals surface area contributed by atoms with Gasteiger partial charge < -0.3 is 5.73 Å². The summed E-state index contributed by atoms with van der Waals surface area (Å²) in [6.07, 6.45) is 0. The van der Waals surface area contributed by atoms with E-state index in [-0.39, 0.29) is 23.5 Å². The van der Waals surface area contributed by atoms with E-state index in [1.165, 1.54) is 0 Å². The molecule has 0 saturated heterocycles. The molecule has 0 aliphatic carbocycles. The predicted octanol–water partition coefficient (Wildman–Crippen LogP) is 1.58. The predicted molar refractivity (Wildman–Crippen MR) is 66.7 cm³/mol. The van der Waals surface area contributed by atoms with Crippen LogP contribution in [0.15, 0.2) is 30.3 Å². The van der Waals surface area contributed by atoms with Gasteiger partial charge in [0.05, 0.1) is 11.5 Å². The molecule has 0 aromatic heterocycles. The Morgan fingerprint density at radius 1 is 1.19 bits per heavy atom. The average Bonchev–Trinajstić information content (AvgIpc) is 2.17. The van der Waals surface area contributed by atoms with E-state index in [1.54, 1.807) is 0 Å². The molecule has 0 bridgehead atoms. The number of nitrogens with two attached hydrogens (primary N) is 1. The van der Waals surface area contributed by atoms with Crippen LogP contribution in [0.1, 0.15) is 19.4 Å². The van der Waals surface area contributed by atoms with E-state index in [1.807, 2.05) is 44.2 Å². The molecule has 1 aromatic carbocycles. The van der Waals surface area contributed by atoms with Crippen LogP contribution in [-0.4, -0.2) is 20.2 Å². The summed E-state index contributed by atoms with van der Waals surface area (Å²) in [5.74, 6) is 0.318. The van der Waals surface area contributed by atoms with Crippen LogP contribution < -0.4 is 5.73 Å². The summed E-state index contributed by atoms with van der Waals surface area (Å²) < 4.78 is 23.7. The molecular weight excluding hydrogens is 222 g/mol. The highest BCUT2D eigenvalue weighted by Gasteiger charge is 2.18. The SMILES string of the molecule is CC(C)C(N)CS(=O)(=O)Cc1ccccc1. The number of hydrogen-bond donors (Lipinski definition) is 1. The first-order valence-corrected chi connectivity index (χ1v) is 7.23. The van der Waals surface area contributed by atoms with Gasteiger partial charge in [-0.05, 0) is 11.5 Å². The average molecular weight is 241 g/mol. The Labute approximate surface area is 97.6 Å². The van der Waals surface area contributed by atoms with Crippen molar-refractivity contribution in [2.75, 3.05) is 5.75 Å². The highest BCUT2D eigenvalue weighted by Crippen LogP contribution is 2.09. The lowest BCUT2D eigenvalue weighted by Crippen LogP contribution is -2.34. The molecule has 16 heavy (non-hydrogen) atoms. The van der Waals surface area contributed by atoms with E-state index in [2.05, 4.69) is 0 Å². The van der Waals surface area contributed by atoms with Crippen LogP contribution in [0.2, 0.25) is 0 Å². The Bertz CT molecular complexity index is 412. The van der Waals surface area contributed by atoms with E-state index < -0.39 is 9.84 Å². The van der Waals surface area contributed by atoms with Crippen molar-refractivity contribution in [3.8, 4) is 0 Å². The number of hydrogen-bond acceptors (Lipinski definition) is 3. The van der Waals surface area contributed by atoms with Crippen molar-refractivity contribution >= 4 is 9.84 Å². The molecule has 0 saturated carbocycles. The van der Waals surface area contributed by atoms with Gasteiger partial charge >= 0.3 is 0 Å². The molecule has 90 valence electrons. The van der Waals surface area contributed by atoms with E-state index in [9.17, 15) is 8.42 Å². The summed E-state index contributed by atoms with van der Waals surface area (Å²) in [5, 5.41) is 0. The Morgan fingerprint density at radius 2 is 1.75 bits per heavy atom. The summed E-state index contributed by atoms with van der Waals surface area (Å²) in [6.45, 7) is 3.87. The minimum Gasteiger partial charge on any atom is -0.327 e. The molecule has 4 heteroatoms. The lowest BCUT2D eigenvalue weighted by atomic mass is 10.1. The van der Waals surface area contributed by atoms with Crippen LogP contribution in [0.5, 0.6) is 0 Å². The van der Waals surface area contributed by atoms with Crippen molar-refractivity contribution in [1.82, 2.24) is 0 Å². The summed E-state index contributed by atoms with van der Waals surface area (Å²) in [7, 11) is -3.10. The molecule has 0 heterocycles. The molecule has 0 aliphatic heterocycles.